The summed E-state index contributed by atoms with van der Waals surface area (Å²) in [5, 5.41) is 3.30. The number of nitrogens with zero attached hydrogens (tertiary/aromatic N) is 2. The second-order valence-corrected chi connectivity index (χ2v) is 3.56. The van der Waals surface area contributed by atoms with Crippen LogP contribution in [0.1, 0.15) is 17.3 Å². The third kappa shape index (κ3) is 1.92. The highest BCUT2D eigenvalue weighted by atomic mass is 15.1. The SMILES string of the molecule is CNC(c1ccccc1)c1cncn1C. The Morgan fingerprint density at radius 3 is 2.53 bits per heavy atom. The molecular weight excluding hydrogens is 186 g/mol. The molecule has 1 atom stereocenters. The predicted octanol–water partition coefficient (Wildman–Crippen LogP) is 1.73. The summed E-state index contributed by atoms with van der Waals surface area (Å²) in [6.45, 7) is 0. The number of aryl methyl sites for hydroxylation is 1. The highest BCUT2D eigenvalue weighted by Crippen LogP contribution is 2.20. The van der Waals surface area contributed by atoms with Gasteiger partial charge in [0, 0.05) is 7.05 Å². The number of aromatic nitrogens is 2. The summed E-state index contributed by atoms with van der Waals surface area (Å²) < 4.78 is 2.04. The Bertz CT molecular complexity index is 419. The van der Waals surface area contributed by atoms with Crippen molar-refractivity contribution < 1.29 is 0 Å². The van der Waals surface area contributed by atoms with Gasteiger partial charge in [0.2, 0.25) is 0 Å². The van der Waals surface area contributed by atoms with Gasteiger partial charge in [-0.05, 0) is 12.6 Å². The summed E-state index contributed by atoms with van der Waals surface area (Å²) in [6, 6.07) is 10.6. The zero-order valence-corrected chi connectivity index (χ0v) is 9.01. The van der Waals surface area contributed by atoms with Crippen molar-refractivity contribution in [2.75, 3.05) is 7.05 Å². The van der Waals surface area contributed by atoms with Gasteiger partial charge in [-0.25, -0.2) is 4.98 Å². The molecule has 15 heavy (non-hydrogen) atoms. The Labute approximate surface area is 89.8 Å². The third-order valence-electron chi connectivity index (χ3n) is 2.57. The van der Waals surface area contributed by atoms with Crippen molar-refractivity contribution in [1.29, 1.82) is 0 Å². The lowest BCUT2D eigenvalue weighted by atomic mass is 10.0. The Morgan fingerprint density at radius 1 is 1.27 bits per heavy atom. The minimum atomic E-state index is 0.207. The number of nitrogens with one attached hydrogen (secondary N) is 1. The quantitative estimate of drug-likeness (QED) is 0.819. The first-order chi connectivity index (χ1) is 7.33. The zero-order valence-electron chi connectivity index (χ0n) is 9.01. The van der Waals surface area contributed by atoms with Gasteiger partial charge in [-0.1, -0.05) is 30.3 Å². The summed E-state index contributed by atoms with van der Waals surface area (Å²) >= 11 is 0. The van der Waals surface area contributed by atoms with E-state index in [4.69, 9.17) is 0 Å². The van der Waals surface area contributed by atoms with Crippen LogP contribution in [0.2, 0.25) is 0 Å². The van der Waals surface area contributed by atoms with Gasteiger partial charge >= 0.3 is 0 Å². The minimum Gasteiger partial charge on any atom is -0.336 e. The highest BCUT2D eigenvalue weighted by Gasteiger charge is 2.13. The lowest BCUT2D eigenvalue weighted by Gasteiger charge is -2.16. The second kappa shape index (κ2) is 4.28. The van der Waals surface area contributed by atoms with Crippen LogP contribution >= 0.6 is 0 Å². The van der Waals surface area contributed by atoms with E-state index < -0.39 is 0 Å². The maximum absolute atomic E-state index is 4.14. The van der Waals surface area contributed by atoms with E-state index in [-0.39, 0.29) is 6.04 Å². The van der Waals surface area contributed by atoms with Crippen LogP contribution in [0.25, 0.3) is 0 Å². The molecule has 0 fully saturated rings. The van der Waals surface area contributed by atoms with E-state index >= 15 is 0 Å². The van der Waals surface area contributed by atoms with E-state index in [9.17, 15) is 0 Å². The molecule has 0 spiro atoms. The molecule has 1 aromatic heterocycles. The van der Waals surface area contributed by atoms with Crippen molar-refractivity contribution in [3.63, 3.8) is 0 Å². The maximum Gasteiger partial charge on any atom is 0.0946 e. The third-order valence-corrected chi connectivity index (χ3v) is 2.57. The number of rotatable bonds is 3. The molecule has 0 aliphatic rings. The van der Waals surface area contributed by atoms with E-state index in [0.717, 1.165) is 0 Å². The van der Waals surface area contributed by atoms with Crippen molar-refractivity contribution in [1.82, 2.24) is 14.9 Å². The number of benzene rings is 1. The first kappa shape index (κ1) is 9.93. The molecule has 0 amide bonds. The fourth-order valence-electron chi connectivity index (χ4n) is 1.78. The molecule has 0 saturated heterocycles. The van der Waals surface area contributed by atoms with E-state index in [1.54, 1.807) is 0 Å². The van der Waals surface area contributed by atoms with Gasteiger partial charge in [0.25, 0.3) is 0 Å². The molecule has 0 aliphatic heterocycles. The number of hydrogen-bond acceptors (Lipinski definition) is 2. The van der Waals surface area contributed by atoms with Gasteiger partial charge in [-0.15, -0.1) is 0 Å². The standard InChI is InChI=1S/C12H15N3/c1-13-12(10-6-4-3-5-7-10)11-8-14-9-15(11)2/h3-9,12-13H,1-2H3. The molecule has 78 valence electrons. The molecule has 0 radical (unpaired) electrons. The van der Waals surface area contributed by atoms with Gasteiger partial charge in [-0.3, -0.25) is 0 Å². The molecule has 3 heteroatoms. The molecule has 0 bridgehead atoms. The molecule has 3 nitrogen and oxygen atoms in total. The maximum atomic E-state index is 4.14. The number of imidazole rings is 1. The Hall–Kier alpha value is -1.61. The summed E-state index contributed by atoms with van der Waals surface area (Å²) in [7, 11) is 3.97. The average Bonchev–Trinajstić information content (AvgIpc) is 2.68. The molecule has 1 aromatic carbocycles. The zero-order chi connectivity index (χ0) is 10.7. The fraction of sp³-hybridized carbons (Fsp3) is 0.250. The van der Waals surface area contributed by atoms with Crippen molar-refractivity contribution in [3.8, 4) is 0 Å². The van der Waals surface area contributed by atoms with Crippen molar-refractivity contribution in [3.05, 3.63) is 54.1 Å². The van der Waals surface area contributed by atoms with Gasteiger partial charge < -0.3 is 9.88 Å². The van der Waals surface area contributed by atoms with Crippen LogP contribution in [0, 0.1) is 0 Å². The smallest absolute Gasteiger partial charge is 0.0946 e. The van der Waals surface area contributed by atoms with E-state index in [2.05, 4.69) is 34.6 Å². The van der Waals surface area contributed by atoms with Gasteiger partial charge in [0.1, 0.15) is 0 Å². The molecule has 1 N–H and O–H groups in total. The average molecular weight is 201 g/mol. The van der Waals surface area contributed by atoms with Crippen LogP contribution in [-0.4, -0.2) is 16.6 Å². The molecule has 0 saturated carbocycles. The van der Waals surface area contributed by atoms with Crippen molar-refractivity contribution in [2.45, 2.75) is 6.04 Å². The second-order valence-electron chi connectivity index (χ2n) is 3.56. The summed E-state index contributed by atoms with van der Waals surface area (Å²) in [5.74, 6) is 0. The monoisotopic (exact) mass is 201 g/mol. The van der Waals surface area contributed by atoms with E-state index in [1.165, 1.54) is 11.3 Å². The van der Waals surface area contributed by atoms with E-state index in [0.29, 0.717) is 0 Å². The summed E-state index contributed by atoms with van der Waals surface area (Å²) in [6.07, 6.45) is 3.72. The first-order valence-electron chi connectivity index (χ1n) is 5.01. The lowest BCUT2D eigenvalue weighted by Crippen LogP contribution is -2.19. The van der Waals surface area contributed by atoms with Crippen LogP contribution in [0.5, 0.6) is 0 Å². The normalized spacial score (nSPS) is 12.7. The first-order valence-corrected chi connectivity index (χ1v) is 5.01. The largest absolute Gasteiger partial charge is 0.336 e. The highest BCUT2D eigenvalue weighted by molar-refractivity contribution is 5.26. The Balaban J connectivity index is 2.37. The molecule has 1 heterocycles. The topological polar surface area (TPSA) is 29.9 Å². The Morgan fingerprint density at radius 2 is 2.00 bits per heavy atom. The predicted molar refractivity (Wildman–Crippen MR) is 60.6 cm³/mol. The van der Waals surface area contributed by atoms with Crippen molar-refractivity contribution in [2.24, 2.45) is 7.05 Å². The van der Waals surface area contributed by atoms with Crippen LogP contribution in [0.15, 0.2) is 42.9 Å². The van der Waals surface area contributed by atoms with Crippen LogP contribution in [-0.2, 0) is 7.05 Å². The Kier molecular flexibility index (Phi) is 2.83. The molecule has 1 unspecified atom stereocenters. The summed E-state index contributed by atoms with van der Waals surface area (Å²) in [4.78, 5) is 4.14. The lowest BCUT2D eigenvalue weighted by molar-refractivity contribution is 0.638. The molecule has 2 aromatic rings. The number of hydrogen-bond donors (Lipinski definition) is 1. The summed E-state index contributed by atoms with van der Waals surface area (Å²) in [5.41, 5.74) is 2.42. The molecular formula is C12H15N3. The minimum absolute atomic E-state index is 0.207. The fourth-order valence-corrected chi connectivity index (χ4v) is 1.78. The van der Waals surface area contributed by atoms with Crippen LogP contribution in [0.4, 0.5) is 0 Å². The molecule has 0 aliphatic carbocycles. The van der Waals surface area contributed by atoms with Crippen molar-refractivity contribution >= 4 is 0 Å². The molecule has 2 rings (SSSR count). The van der Waals surface area contributed by atoms with Crippen LogP contribution < -0.4 is 5.32 Å². The van der Waals surface area contributed by atoms with Crippen LogP contribution in [0.3, 0.4) is 0 Å². The van der Waals surface area contributed by atoms with E-state index in [1.807, 2.05) is 37.3 Å². The van der Waals surface area contributed by atoms with Gasteiger partial charge in [0.15, 0.2) is 0 Å². The van der Waals surface area contributed by atoms with Gasteiger partial charge in [0.05, 0.1) is 24.3 Å². The van der Waals surface area contributed by atoms with Gasteiger partial charge in [-0.2, -0.15) is 0 Å².